The molecular weight excluding hydrogens is 424 g/mol. The van der Waals surface area contributed by atoms with Crippen molar-refractivity contribution in [2.24, 2.45) is 56.7 Å². The van der Waals surface area contributed by atoms with E-state index >= 15 is 0 Å². The molecule has 0 aromatic heterocycles. The Morgan fingerprint density at radius 1 is 0.941 bits per heavy atom. The fraction of sp³-hybridized carbons (Fsp3) is 0.900. The Bertz CT molecular complexity index is 907. The number of aliphatic carboxylic acids is 1. The lowest BCUT2D eigenvalue weighted by Crippen LogP contribution is -2.67. The predicted molar refractivity (Wildman–Crippen MR) is 134 cm³/mol. The highest BCUT2D eigenvalue weighted by Gasteiger charge is 2.70. The quantitative estimate of drug-likeness (QED) is 0.405. The Hall–Kier alpha value is -0.870. The number of allylic oxidation sites excluding steroid dienone is 2. The van der Waals surface area contributed by atoms with Gasteiger partial charge in [-0.1, -0.05) is 60.1 Å². The number of rotatable bonds is 1. The smallest absolute Gasteiger partial charge is 0.310 e. The monoisotopic (exact) mass is 472 g/mol. The predicted octanol–water partition coefficient (Wildman–Crippen LogP) is 6.06. The molecule has 0 radical (unpaired) electrons. The van der Waals surface area contributed by atoms with Crippen molar-refractivity contribution >= 4 is 5.97 Å². The van der Waals surface area contributed by atoms with Crippen molar-refractivity contribution in [1.82, 2.24) is 0 Å². The Morgan fingerprint density at radius 3 is 2.26 bits per heavy atom. The normalized spacial score (nSPS) is 56.3. The van der Waals surface area contributed by atoms with Crippen molar-refractivity contribution in [3.05, 3.63) is 11.6 Å². The Labute approximate surface area is 206 Å². The van der Waals surface area contributed by atoms with E-state index in [9.17, 15) is 20.1 Å². The van der Waals surface area contributed by atoms with Gasteiger partial charge in [0.15, 0.2) is 0 Å². The SMILES string of the molecule is CC1CC[C@]2(C(=O)O)CCC3(C)C(=CCC4[C@@]5(C)CC(O)[C@H](O)C(C)(C)C5CC[C@]43C)C2[C@H]1C. The maximum Gasteiger partial charge on any atom is 0.310 e. The summed E-state index contributed by atoms with van der Waals surface area (Å²) in [5, 5.41) is 32.4. The molecule has 0 aromatic carbocycles. The van der Waals surface area contributed by atoms with Gasteiger partial charge in [0, 0.05) is 0 Å². The van der Waals surface area contributed by atoms with Gasteiger partial charge in [0.05, 0.1) is 17.6 Å². The minimum absolute atomic E-state index is 0.00993. The van der Waals surface area contributed by atoms with E-state index in [1.54, 1.807) is 0 Å². The second-order valence-corrected chi connectivity index (χ2v) is 14.6. The van der Waals surface area contributed by atoms with Crippen LogP contribution in [-0.4, -0.2) is 33.5 Å². The van der Waals surface area contributed by atoms with Crippen LogP contribution in [0.4, 0.5) is 0 Å². The third kappa shape index (κ3) is 2.76. The Balaban J connectivity index is 1.62. The highest BCUT2D eigenvalue weighted by Crippen LogP contribution is 2.75. The molecule has 5 aliphatic carbocycles. The molecule has 0 aliphatic heterocycles. The van der Waals surface area contributed by atoms with Gasteiger partial charge < -0.3 is 15.3 Å². The van der Waals surface area contributed by atoms with Crippen LogP contribution in [0.15, 0.2) is 11.6 Å². The number of carboxylic acids is 1. The number of hydrogen-bond donors (Lipinski definition) is 3. The summed E-state index contributed by atoms with van der Waals surface area (Å²) < 4.78 is 0. The summed E-state index contributed by atoms with van der Waals surface area (Å²) in [6.45, 7) is 16.3. The second-order valence-electron chi connectivity index (χ2n) is 14.6. The molecule has 0 spiro atoms. The standard InChI is InChI=1S/C30H48O4/c1-17-10-13-30(25(33)34)15-14-28(6)19(23(30)18(17)2)8-9-22-27(5)16-20(31)24(32)26(3,4)21(27)11-12-29(22,28)7/h8,17-18,20-24,31-32H,9-16H2,1-7H3,(H,33,34)/t17?,18-,20?,21?,22?,23?,24-,27-,28?,29+,30-/m0/s1. The first-order valence-corrected chi connectivity index (χ1v) is 14.0. The zero-order valence-electron chi connectivity index (χ0n) is 22.5. The van der Waals surface area contributed by atoms with E-state index in [4.69, 9.17) is 0 Å². The van der Waals surface area contributed by atoms with Crippen LogP contribution >= 0.6 is 0 Å². The molecule has 0 aromatic rings. The zero-order chi connectivity index (χ0) is 25.1. The van der Waals surface area contributed by atoms with Crippen molar-refractivity contribution in [2.45, 2.75) is 112 Å². The third-order valence-electron chi connectivity index (χ3n) is 13.4. The molecule has 4 saturated carbocycles. The first kappa shape index (κ1) is 24.8. The molecule has 192 valence electrons. The average molecular weight is 473 g/mol. The molecule has 6 unspecified atom stereocenters. The molecule has 34 heavy (non-hydrogen) atoms. The molecule has 0 saturated heterocycles. The molecule has 3 N–H and O–H groups in total. The van der Waals surface area contributed by atoms with E-state index in [-0.39, 0.29) is 27.6 Å². The first-order chi connectivity index (χ1) is 15.7. The number of fused-ring (bicyclic) bond motifs is 7. The van der Waals surface area contributed by atoms with E-state index in [1.807, 2.05) is 0 Å². The van der Waals surface area contributed by atoms with Gasteiger partial charge in [0.25, 0.3) is 0 Å². The molecule has 5 aliphatic rings. The summed E-state index contributed by atoms with van der Waals surface area (Å²) in [6.07, 6.45) is 8.53. The second kappa shape index (κ2) is 7.34. The lowest BCUT2D eigenvalue weighted by molar-refractivity contribution is -0.232. The highest BCUT2D eigenvalue weighted by atomic mass is 16.4. The van der Waals surface area contributed by atoms with Crippen LogP contribution in [0.1, 0.15) is 99.8 Å². The van der Waals surface area contributed by atoms with Gasteiger partial charge in [0.2, 0.25) is 0 Å². The molecule has 4 heteroatoms. The molecule has 0 amide bonds. The lowest BCUT2D eigenvalue weighted by Gasteiger charge is -2.71. The summed E-state index contributed by atoms with van der Waals surface area (Å²) in [6, 6.07) is 0. The van der Waals surface area contributed by atoms with E-state index in [0.29, 0.717) is 30.1 Å². The minimum atomic E-state index is -0.679. The summed E-state index contributed by atoms with van der Waals surface area (Å²) in [5.74, 6) is 1.30. The zero-order valence-corrected chi connectivity index (χ0v) is 22.5. The van der Waals surface area contributed by atoms with Crippen LogP contribution in [0.3, 0.4) is 0 Å². The van der Waals surface area contributed by atoms with Gasteiger partial charge in [-0.3, -0.25) is 4.79 Å². The Morgan fingerprint density at radius 2 is 1.62 bits per heavy atom. The van der Waals surface area contributed by atoms with Crippen LogP contribution in [0.25, 0.3) is 0 Å². The van der Waals surface area contributed by atoms with Gasteiger partial charge in [0.1, 0.15) is 0 Å². The summed E-state index contributed by atoms with van der Waals surface area (Å²) in [7, 11) is 0. The largest absolute Gasteiger partial charge is 0.481 e. The minimum Gasteiger partial charge on any atom is -0.481 e. The van der Waals surface area contributed by atoms with E-state index < -0.39 is 23.6 Å². The van der Waals surface area contributed by atoms with Crippen molar-refractivity contribution in [3.63, 3.8) is 0 Å². The van der Waals surface area contributed by atoms with Gasteiger partial charge >= 0.3 is 5.97 Å². The molecular formula is C30H48O4. The Kier molecular flexibility index (Phi) is 5.36. The van der Waals surface area contributed by atoms with Crippen molar-refractivity contribution < 1.29 is 20.1 Å². The van der Waals surface area contributed by atoms with E-state index in [1.165, 1.54) is 5.57 Å². The highest BCUT2D eigenvalue weighted by molar-refractivity contribution is 5.76. The van der Waals surface area contributed by atoms with Gasteiger partial charge in [-0.25, -0.2) is 0 Å². The molecule has 0 heterocycles. The van der Waals surface area contributed by atoms with Crippen molar-refractivity contribution in [2.75, 3.05) is 0 Å². The number of carbonyl (C=O) groups is 1. The average Bonchev–Trinajstić information content (AvgIpc) is 2.75. The molecule has 0 bridgehead atoms. The first-order valence-electron chi connectivity index (χ1n) is 14.0. The maximum absolute atomic E-state index is 12.8. The van der Waals surface area contributed by atoms with Gasteiger partial charge in [-0.2, -0.15) is 0 Å². The van der Waals surface area contributed by atoms with Gasteiger partial charge in [-0.15, -0.1) is 0 Å². The van der Waals surface area contributed by atoms with Crippen molar-refractivity contribution in [3.8, 4) is 0 Å². The van der Waals surface area contributed by atoms with Crippen LogP contribution in [0.5, 0.6) is 0 Å². The topological polar surface area (TPSA) is 77.8 Å². The fourth-order valence-electron chi connectivity index (χ4n) is 11.0. The van der Waals surface area contributed by atoms with E-state index in [2.05, 4.69) is 54.5 Å². The fourth-order valence-corrected chi connectivity index (χ4v) is 11.0. The molecule has 5 rings (SSSR count). The van der Waals surface area contributed by atoms with E-state index in [0.717, 1.165) is 44.9 Å². The molecule has 4 fully saturated rings. The van der Waals surface area contributed by atoms with Crippen LogP contribution < -0.4 is 0 Å². The molecule has 4 nitrogen and oxygen atoms in total. The summed E-state index contributed by atoms with van der Waals surface area (Å²) in [4.78, 5) is 12.8. The number of carboxylic acid groups (broad SMARTS) is 1. The number of hydrogen-bond acceptors (Lipinski definition) is 3. The number of aliphatic hydroxyl groups excluding tert-OH is 2. The van der Waals surface area contributed by atoms with Crippen molar-refractivity contribution in [1.29, 1.82) is 0 Å². The van der Waals surface area contributed by atoms with Crippen LogP contribution in [0, 0.1) is 56.7 Å². The lowest BCUT2D eigenvalue weighted by atomic mass is 9.33. The van der Waals surface area contributed by atoms with Crippen LogP contribution in [0.2, 0.25) is 0 Å². The summed E-state index contributed by atoms with van der Waals surface area (Å²) >= 11 is 0. The maximum atomic E-state index is 12.8. The van der Waals surface area contributed by atoms with Crippen LogP contribution in [-0.2, 0) is 4.79 Å². The third-order valence-corrected chi connectivity index (χ3v) is 13.4. The summed E-state index contributed by atoms with van der Waals surface area (Å²) in [5.41, 5.74) is 0.574. The van der Waals surface area contributed by atoms with Gasteiger partial charge in [-0.05, 0) is 103 Å². The number of aliphatic hydroxyl groups is 2. The molecule has 11 atom stereocenters.